The molecular weight excluding hydrogens is 279 g/mol. The summed E-state index contributed by atoms with van der Waals surface area (Å²) in [4.78, 5) is 11.6. The van der Waals surface area contributed by atoms with Crippen LogP contribution >= 0.6 is 11.6 Å². The zero-order chi connectivity index (χ0) is 13.9. The molecule has 0 radical (unpaired) electrons. The van der Waals surface area contributed by atoms with Crippen molar-refractivity contribution in [2.45, 2.75) is 24.8 Å². The van der Waals surface area contributed by atoms with Crippen LogP contribution in [0.4, 0.5) is 4.39 Å². The van der Waals surface area contributed by atoms with E-state index in [1.807, 2.05) is 0 Å². The van der Waals surface area contributed by atoms with Gasteiger partial charge in [-0.15, -0.1) is 0 Å². The molecule has 0 heterocycles. The quantitative estimate of drug-likeness (QED) is 0.811. The van der Waals surface area contributed by atoms with Crippen molar-refractivity contribution in [2.24, 2.45) is 5.73 Å². The Morgan fingerprint density at radius 3 is 2.67 bits per heavy atom. The summed E-state index contributed by atoms with van der Waals surface area (Å²) in [7, 11) is -1.60. The molecule has 4 nitrogen and oxygen atoms in total. The molecule has 100 valence electrons. The molecule has 0 aromatic heterocycles. The van der Waals surface area contributed by atoms with E-state index >= 15 is 0 Å². The number of nitrogens with two attached hydrogens (primary N) is 1. The van der Waals surface area contributed by atoms with Gasteiger partial charge in [-0.1, -0.05) is 11.6 Å². The zero-order valence-electron chi connectivity index (χ0n) is 10.00. The minimum atomic E-state index is -1.60. The molecule has 1 aromatic carbocycles. The average molecular weight is 293 g/mol. The predicted molar refractivity (Wildman–Crippen MR) is 69.5 cm³/mol. The molecule has 0 bridgehead atoms. The second kappa shape index (κ2) is 6.38. The van der Waals surface area contributed by atoms with E-state index in [1.54, 1.807) is 13.8 Å². The second-order valence-corrected chi connectivity index (χ2v) is 5.55. The van der Waals surface area contributed by atoms with Crippen molar-refractivity contribution in [1.29, 1.82) is 0 Å². The fourth-order valence-corrected chi connectivity index (χ4v) is 2.65. The van der Waals surface area contributed by atoms with E-state index in [4.69, 9.17) is 17.3 Å². The zero-order valence-corrected chi connectivity index (χ0v) is 11.6. The fourth-order valence-electron chi connectivity index (χ4n) is 1.27. The Labute approximate surface area is 112 Å². The van der Waals surface area contributed by atoms with Crippen LogP contribution in [0.5, 0.6) is 0 Å². The third kappa shape index (κ3) is 3.58. The maximum absolute atomic E-state index is 13.5. The first-order valence-electron chi connectivity index (χ1n) is 5.27. The highest BCUT2D eigenvalue weighted by atomic mass is 35.5. The van der Waals surface area contributed by atoms with Gasteiger partial charge in [-0.3, -0.25) is 4.79 Å². The first kappa shape index (κ1) is 15.2. The van der Waals surface area contributed by atoms with Crippen LogP contribution in [0.25, 0.3) is 0 Å². The monoisotopic (exact) mass is 292 g/mol. The van der Waals surface area contributed by atoms with Gasteiger partial charge in [0.2, 0.25) is 0 Å². The molecule has 0 aliphatic carbocycles. The van der Waals surface area contributed by atoms with E-state index in [-0.39, 0.29) is 28.1 Å². The molecule has 1 atom stereocenters. The highest BCUT2D eigenvalue weighted by Gasteiger charge is 2.17. The molecule has 0 saturated carbocycles. The van der Waals surface area contributed by atoms with Crippen LogP contribution in [0.2, 0.25) is 5.02 Å². The summed E-state index contributed by atoms with van der Waals surface area (Å²) >= 11 is 5.81. The molecule has 0 saturated heterocycles. The third-order valence-electron chi connectivity index (χ3n) is 2.05. The van der Waals surface area contributed by atoms with Crippen LogP contribution in [0.15, 0.2) is 17.0 Å². The Hall–Kier alpha value is -0.820. The van der Waals surface area contributed by atoms with Crippen LogP contribution in [0, 0.1) is 5.82 Å². The number of hydrogen-bond acceptors (Lipinski definition) is 3. The van der Waals surface area contributed by atoms with Gasteiger partial charge >= 0.3 is 0 Å². The van der Waals surface area contributed by atoms with E-state index in [2.05, 4.69) is 4.72 Å². The maximum Gasteiger partial charge on any atom is 0.179 e. The number of hydrogen-bond donors (Lipinski definition) is 2. The third-order valence-corrected chi connectivity index (χ3v) is 3.90. The first-order chi connectivity index (χ1) is 8.36. The molecule has 0 aliphatic rings. The summed E-state index contributed by atoms with van der Waals surface area (Å²) in [6.07, 6.45) is 0. The largest absolute Gasteiger partial charge is 0.324 e. The van der Waals surface area contributed by atoms with Gasteiger partial charge in [-0.25, -0.2) is 13.3 Å². The molecule has 3 N–H and O–H groups in total. The summed E-state index contributed by atoms with van der Waals surface area (Å²) in [6, 6.07) is 2.11. The van der Waals surface area contributed by atoms with Gasteiger partial charge in [0.15, 0.2) is 5.78 Å². The Morgan fingerprint density at radius 2 is 2.17 bits per heavy atom. The second-order valence-electron chi connectivity index (χ2n) is 3.93. The smallest absolute Gasteiger partial charge is 0.179 e. The van der Waals surface area contributed by atoms with Crippen molar-refractivity contribution in [2.75, 3.05) is 6.54 Å². The summed E-state index contributed by atoms with van der Waals surface area (Å²) in [5.41, 5.74) is 4.98. The van der Waals surface area contributed by atoms with E-state index < -0.39 is 22.6 Å². The molecule has 1 unspecified atom stereocenters. The van der Waals surface area contributed by atoms with Crippen LogP contribution in [-0.4, -0.2) is 22.6 Å². The lowest BCUT2D eigenvalue weighted by Crippen LogP contribution is -2.25. The number of benzene rings is 1. The van der Waals surface area contributed by atoms with Gasteiger partial charge in [0, 0.05) is 6.04 Å². The lowest BCUT2D eigenvalue weighted by Gasteiger charge is -2.11. The first-order valence-corrected chi connectivity index (χ1v) is 6.79. The number of carbonyl (C=O) groups is 1. The van der Waals surface area contributed by atoms with Gasteiger partial charge in [-0.05, 0) is 26.0 Å². The summed E-state index contributed by atoms with van der Waals surface area (Å²) in [5, 5.41) is 0.00700. The summed E-state index contributed by atoms with van der Waals surface area (Å²) in [5.74, 6) is -1.33. The topological polar surface area (TPSA) is 72.2 Å². The molecule has 1 rings (SSSR count). The minimum absolute atomic E-state index is 0.00700. The van der Waals surface area contributed by atoms with E-state index in [0.717, 1.165) is 6.07 Å². The van der Waals surface area contributed by atoms with Crippen molar-refractivity contribution >= 4 is 28.4 Å². The van der Waals surface area contributed by atoms with Crippen molar-refractivity contribution in [1.82, 2.24) is 4.72 Å². The van der Waals surface area contributed by atoms with Gasteiger partial charge in [-0.2, -0.15) is 0 Å². The maximum atomic E-state index is 13.5. The van der Waals surface area contributed by atoms with Crippen LogP contribution in [0.1, 0.15) is 24.2 Å². The number of rotatable bonds is 5. The van der Waals surface area contributed by atoms with E-state index in [1.165, 1.54) is 6.07 Å². The Morgan fingerprint density at radius 1 is 1.56 bits per heavy atom. The molecule has 0 spiro atoms. The predicted octanol–water partition coefficient (Wildman–Crippen LogP) is 1.64. The van der Waals surface area contributed by atoms with Gasteiger partial charge in [0.05, 0.1) is 22.0 Å². The molecule has 7 heteroatoms. The van der Waals surface area contributed by atoms with Gasteiger partial charge < -0.3 is 5.73 Å². The number of carbonyl (C=O) groups excluding carboxylic acids is 1. The molecule has 18 heavy (non-hydrogen) atoms. The number of nitrogens with one attached hydrogen (secondary N) is 1. The van der Waals surface area contributed by atoms with Crippen molar-refractivity contribution < 1.29 is 13.4 Å². The average Bonchev–Trinajstić information content (AvgIpc) is 2.27. The van der Waals surface area contributed by atoms with Gasteiger partial charge in [0.25, 0.3) is 0 Å². The summed E-state index contributed by atoms with van der Waals surface area (Å²) in [6.45, 7) is 3.30. The Bertz CT molecular complexity index is 494. The number of halogens is 2. The SMILES string of the molecule is CC(C)NS(=O)c1cc(C(=O)CN)c(F)cc1Cl. The molecule has 0 fully saturated rings. The molecule has 0 aliphatic heterocycles. The lowest BCUT2D eigenvalue weighted by molar-refractivity contribution is 0.0997. The Balaban J connectivity index is 3.20. The van der Waals surface area contributed by atoms with Crippen LogP contribution in [0.3, 0.4) is 0 Å². The summed E-state index contributed by atoms with van der Waals surface area (Å²) < 4.78 is 28.1. The lowest BCUT2D eigenvalue weighted by atomic mass is 10.1. The van der Waals surface area contributed by atoms with E-state index in [9.17, 15) is 13.4 Å². The normalized spacial score (nSPS) is 12.8. The van der Waals surface area contributed by atoms with Crippen LogP contribution in [-0.2, 0) is 11.0 Å². The number of ketones is 1. The van der Waals surface area contributed by atoms with Crippen molar-refractivity contribution in [3.05, 3.63) is 28.5 Å². The molecular formula is C11H14ClFN2O2S. The minimum Gasteiger partial charge on any atom is -0.324 e. The number of Topliss-reactive ketones (excluding diaryl/α,β-unsaturated/α-hetero) is 1. The highest BCUT2D eigenvalue weighted by Crippen LogP contribution is 2.23. The van der Waals surface area contributed by atoms with Crippen molar-refractivity contribution in [3.63, 3.8) is 0 Å². The van der Waals surface area contributed by atoms with Crippen LogP contribution < -0.4 is 10.5 Å². The van der Waals surface area contributed by atoms with Gasteiger partial charge in [0.1, 0.15) is 16.8 Å². The Kier molecular flexibility index (Phi) is 5.40. The standard InChI is InChI=1S/C11H14ClFN2O2S/c1-6(2)15-18(17)11-3-7(10(16)5-14)9(13)4-8(11)12/h3-4,6,15H,5,14H2,1-2H3. The molecule has 1 aromatic rings. The van der Waals surface area contributed by atoms with Crippen molar-refractivity contribution in [3.8, 4) is 0 Å². The fraction of sp³-hybridized carbons (Fsp3) is 0.364. The van der Waals surface area contributed by atoms with E-state index in [0.29, 0.717) is 0 Å². The molecule has 0 amide bonds. The highest BCUT2D eigenvalue weighted by molar-refractivity contribution is 7.83.